The van der Waals surface area contributed by atoms with Crippen molar-refractivity contribution in [2.45, 2.75) is 6.92 Å². The lowest BCUT2D eigenvalue weighted by atomic mass is 9.92. The second-order valence-corrected chi connectivity index (χ2v) is 23.9. The molecule has 0 saturated heterocycles. The number of rotatable bonds is 14. The van der Waals surface area contributed by atoms with Gasteiger partial charge in [0.2, 0.25) is 0 Å². The minimum Gasteiger partial charge on any atom is -0.455 e. The van der Waals surface area contributed by atoms with Gasteiger partial charge in [0, 0.05) is 50.2 Å². The molecule has 1 aromatic heterocycles. The zero-order valence-corrected chi connectivity index (χ0v) is 52.1. The number of allylic oxidation sites excluding steroid dienone is 2. The molecule has 0 saturated carbocycles. The molecular weight excluding hydrogens is 1140 g/mol. The predicted molar refractivity (Wildman–Crippen MR) is 399 cm³/mol. The molecule has 444 valence electrons. The Labute approximate surface area is 548 Å². The van der Waals surface area contributed by atoms with Crippen LogP contribution in [0.5, 0.6) is 0 Å². The van der Waals surface area contributed by atoms with Crippen molar-refractivity contribution >= 4 is 89.8 Å². The van der Waals surface area contributed by atoms with Crippen LogP contribution >= 0.6 is 0 Å². The summed E-state index contributed by atoms with van der Waals surface area (Å²) in [5.74, 6) is 0. The van der Waals surface area contributed by atoms with Crippen molar-refractivity contribution in [3.05, 3.63) is 374 Å². The molecule has 0 aliphatic carbocycles. The summed E-state index contributed by atoms with van der Waals surface area (Å²) in [6.07, 6.45) is 4.30. The molecular formula is C91H64N2O. The van der Waals surface area contributed by atoms with Crippen LogP contribution in [0.4, 0.5) is 34.1 Å². The molecule has 0 spiro atoms. The van der Waals surface area contributed by atoms with Gasteiger partial charge in [0.05, 0.1) is 11.4 Å². The van der Waals surface area contributed by atoms with E-state index in [1.54, 1.807) is 0 Å². The molecule has 94 heavy (non-hydrogen) atoms. The largest absolute Gasteiger partial charge is 0.455 e. The smallest absolute Gasteiger partial charge is 0.143 e. The van der Waals surface area contributed by atoms with Gasteiger partial charge in [-0.1, -0.05) is 286 Å². The summed E-state index contributed by atoms with van der Waals surface area (Å²) in [7, 11) is 0. The van der Waals surface area contributed by atoms with Crippen LogP contribution < -0.4 is 20.2 Å². The van der Waals surface area contributed by atoms with Crippen molar-refractivity contribution in [3.63, 3.8) is 0 Å². The van der Waals surface area contributed by atoms with Crippen LogP contribution in [0.25, 0.3) is 122 Å². The van der Waals surface area contributed by atoms with E-state index in [-0.39, 0.29) is 0 Å². The molecule has 0 aliphatic heterocycles. The highest BCUT2D eigenvalue weighted by Crippen LogP contribution is 2.49. The van der Waals surface area contributed by atoms with E-state index in [0.717, 1.165) is 122 Å². The Hall–Kier alpha value is -12.3. The molecule has 0 aliphatic rings. The lowest BCUT2D eigenvalue weighted by Gasteiger charge is -2.31. The van der Waals surface area contributed by atoms with Gasteiger partial charge < -0.3 is 14.2 Å². The summed E-state index contributed by atoms with van der Waals surface area (Å²) in [5, 5.41) is 9.17. The van der Waals surface area contributed by atoms with Crippen LogP contribution in [0.2, 0.25) is 0 Å². The van der Waals surface area contributed by atoms with E-state index in [4.69, 9.17) is 4.42 Å². The molecule has 1 heterocycles. The van der Waals surface area contributed by atoms with Crippen molar-refractivity contribution in [1.29, 1.82) is 0 Å². The first kappa shape index (κ1) is 56.9. The molecule has 0 unspecified atom stereocenters. The van der Waals surface area contributed by atoms with E-state index in [1.807, 2.05) is 12.1 Å². The molecule has 0 N–H and O–H groups in total. The third kappa shape index (κ3) is 10.6. The summed E-state index contributed by atoms with van der Waals surface area (Å²) in [6, 6.07) is 125. The number of fused-ring (bicyclic) bond motifs is 5. The van der Waals surface area contributed by atoms with Gasteiger partial charge in [-0.05, 0) is 179 Å². The first-order valence-corrected chi connectivity index (χ1v) is 32.2. The first-order valence-electron chi connectivity index (χ1n) is 32.2. The second kappa shape index (κ2) is 24.8. The van der Waals surface area contributed by atoms with Crippen LogP contribution in [-0.2, 0) is 0 Å². The van der Waals surface area contributed by atoms with Gasteiger partial charge in [-0.25, -0.2) is 0 Å². The third-order valence-corrected chi connectivity index (χ3v) is 18.4. The summed E-state index contributed by atoms with van der Waals surface area (Å²) >= 11 is 0. The number of hydrogen-bond acceptors (Lipinski definition) is 3. The predicted octanol–water partition coefficient (Wildman–Crippen LogP) is 24.0. The monoisotopic (exact) mass is 1200 g/mol. The molecule has 0 bridgehead atoms. The van der Waals surface area contributed by atoms with Crippen molar-refractivity contribution in [3.8, 4) is 66.8 Å². The lowest BCUT2D eigenvalue weighted by Crippen LogP contribution is -2.24. The van der Waals surface area contributed by atoms with E-state index in [9.17, 15) is 0 Å². The average Bonchev–Trinajstić information content (AvgIpc) is 1.46. The number of hydrogen-bond donors (Lipinski definition) is 0. The number of benzene rings is 15. The number of para-hydroxylation sites is 3. The Kier molecular flexibility index (Phi) is 15.0. The fourth-order valence-corrected chi connectivity index (χ4v) is 13.8. The molecule has 3 heteroatoms. The summed E-state index contributed by atoms with van der Waals surface area (Å²) in [4.78, 5) is 4.84. The maximum atomic E-state index is 6.76. The maximum Gasteiger partial charge on any atom is 0.143 e. The number of anilines is 6. The zero-order valence-electron chi connectivity index (χ0n) is 52.1. The van der Waals surface area contributed by atoms with Crippen LogP contribution in [0.15, 0.2) is 362 Å². The Morgan fingerprint density at radius 2 is 0.745 bits per heavy atom. The quantitative estimate of drug-likeness (QED) is 0.108. The van der Waals surface area contributed by atoms with Crippen molar-refractivity contribution < 1.29 is 4.42 Å². The average molecular weight is 1200 g/mol. The van der Waals surface area contributed by atoms with Gasteiger partial charge in [0.25, 0.3) is 0 Å². The number of furan rings is 1. The highest BCUT2D eigenvalue weighted by atomic mass is 16.3. The Bertz CT molecular complexity index is 5610. The molecule has 0 radical (unpaired) electrons. The van der Waals surface area contributed by atoms with E-state index in [2.05, 4.69) is 369 Å². The SMILES string of the molecule is C=c1cccc/c1=C(/C=C\C)c1ccc(N(c2ccc(-c3ccc(-c4ccccc4)c4ccccc34)cc2)c2ccccc2-c2ccccc2N(c2ccc(-c3ccc4ccccc4c3)cc2)c2ccc(-c3ccc(-c4ccccc4)c4oc5ccccc5c34)cc2)cc1. The molecule has 16 rings (SSSR count). The van der Waals surface area contributed by atoms with Crippen LogP contribution in [0.3, 0.4) is 0 Å². The van der Waals surface area contributed by atoms with Gasteiger partial charge in [-0.3, -0.25) is 0 Å². The summed E-state index contributed by atoms with van der Waals surface area (Å²) in [5.41, 5.74) is 23.8. The highest BCUT2D eigenvalue weighted by molar-refractivity contribution is 6.16. The van der Waals surface area contributed by atoms with Gasteiger partial charge in [-0.2, -0.15) is 0 Å². The summed E-state index contributed by atoms with van der Waals surface area (Å²) in [6.45, 7) is 6.51. The highest BCUT2D eigenvalue weighted by Gasteiger charge is 2.24. The summed E-state index contributed by atoms with van der Waals surface area (Å²) < 4.78 is 6.76. The lowest BCUT2D eigenvalue weighted by molar-refractivity contribution is 0.670. The first-order chi connectivity index (χ1) is 46.5. The molecule has 15 aromatic carbocycles. The minimum atomic E-state index is 0.869. The minimum absolute atomic E-state index is 0.869. The molecule has 0 fully saturated rings. The molecule has 3 nitrogen and oxygen atoms in total. The van der Waals surface area contributed by atoms with Gasteiger partial charge >= 0.3 is 0 Å². The fourth-order valence-electron chi connectivity index (χ4n) is 13.8. The zero-order chi connectivity index (χ0) is 62.9. The van der Waals surface area contributed by atoms with Crippen LogP contribution in [0, 0.1) is 0 Å². The molecule has 16 aromatic rings. The van der Waals surface area contributed by atoms with E-state index < -0.39 is 0 Å². The Morgan fingerprint density at radius 1 is 0.319 bits per heavy atom. The third-order valence-electron chi connectivity index (χ3n) is 18.4. The van der Waals surface area contributed by atoms with Gasteiger partial charge in [0.15, 0.2) is 0 Å². The van der Waals surface area contributed by atoms with E-state index in [1.165, 1.54) is 43.8 Å². The van der Waals surface area contributed by atoms with E-state index >= 15 is 0 Å². The van der Waals surface area contributed by atoms with Crippen molar-refractivity contribution in [1.82, 2.24) is 0 Å². The van der Waals surface area contributed by atoms with E-state index in [0.29, 0.717) is 0 Å². The second-order valence-electron chi connectivity index (χ2n) is 23.9. The standard InChI is InChI=1S/C91H64N2O/c1-3-22-77(76-30-13-10-23-62(76)2)67-43-51-73(52-44-67)93(74-53-45-68(46-54-74)79-58-57-78(65-25-6-4-7-26-65)82-31-14-15-32-83(79)82)88-37-20-17-34-85(88)84-33-16-19-36-87(84)92(72-49-41-64(42-50-72)71-40-39-63-24-11-12-29-70(63)61-71)75-55-47-69(48-56-75)80-59-60-81(66-27-8-5-9-28-66)91-90(80)86-35-18-21-38-89(86)94-91/h3-61H,2H2,1H3/b22-3-,77-76+. The fraction of sp³-hybridized carbons (Fsp3) is 0.0110. The van der Waals surface area contributed by atoms with Crippen molar-refractivity contribution in [2.75, 3.05) is 9.80 Å². The van der Waals surface area contributed by atoms with Crippen molar-refractivity contribution in [2.24, 2.45) is 0 Å². The molecule has 0 amide bonds. The maximum absolute atomic E-state index is 6.76. The molecule has 0 atom stereocenters. The Morgan fingerprint density at radius 3 is 1.33 bits per heavy atom. The van der Waals surface area contributed by atoms with Gasteiger partial charge in [0.1, 0.15) is 11.2 Å². The Balaban J connectivity index is 0.847. The van der Waals surface area contributed by atoms with Gasteiger partial charge in [-0.15, -0.1) is 0 Å². The number of nitrogens with zero attached hydrogens (tertiary/aromatic N) is 2. The van der Waals surface area contributed by atoms with Crippen LogP contribution in [0.1, 0.15) is 12.5 Å². The topological polar surface area (TPSA) is 19.6 Å². The normalized spacial score (nSPS) is 11.8. The van der Waals surface area contributed by atoms with Crippen LogP contribution in [-0.4, -0.2) is 0 Å².